The van der Waals surface area contributed by atoms with E-state index in [9.17, 15) is 4.79 Å². The van der Waals surface area contributed by atoms with Crippen molar-refractivity contribution in [2.24, 2.45) is 0 Å². The van der Waals surface area contributed by atoms with Crippen LogP contribution in [0.4, 0.5) is 0 Å². The number of carbonyl (C=O) groups is 1. The molecule has 140 valence electrons. The molecule has 5 heteroatoms. The van der Waals surface area contributed by atoms with Gasteiger partial charge in [0.2, 0.25) is 0 Å². The third-order valence-electron chi connectivity index (χ3n) is 4.70. The van der Waals surface area contributed by atoms with Gasteiger partial charge >= 0.3 is 0 Å². The van der Waals surface area contributed by atoms with Gasteiger partial charge < -0.3 is 4.90 Å². The van der Waals surface area contributed by atoms with Crippen LogP contribution in [0, 0.1) is 13.8 Å². The number of carbonyl (C=O) groups excluding carboxylic acids is 1. The van der Waals surface area contributed by atoms with Crippen LogP contribution < -0.4 is 0 Å². The van der Waals surface area contributed by atoms with Gasteiger partial charge in [0.1, 0.15) is 0 Å². The summed E-state index contributed by atoms with van der Waals surface area (Å²) in [7, 11) is 1.85. The standard InChI is InChI=1S/C22H25N3OS/c1-16-21(17(2)25(23-16)15-18-8-6-5-7-9-18)22(26)24(3)14-19-10-12-20(27-4)13-11-19/h5-13H,14-15H2,1-4H3. The Balaban J connectivity index is 1.77. The minimum Gasteiger partial charge on any atom is -0.337 e. The minimum atomic E-state index is 0.0123. The van der Waals surface area contributed by atoms with Crippen LogP contribution in [-0.2, 0) is 13.1 Å². The number of amides is 1. The van der Waals surface area contributed by atoms with Gasteiger partial charge in [-0.05, 0) is 43.4 Å². The Hall–Kier alpha value is -2.53. The first-order valence-corrected chi connectivity index (χ1v) is 10.2. The molecule has 0 saturated heterocycles. The van der Waals surface area contributed by atoms with Gasteiger partial charge in [-0.1, -0.05) is 42.5 Å². The van der Waals surface area contributed by atoms with Crippen LogP contribution in [0.5, 0.6) is 0 Å². The number of benzene rings is 2. The maximum absolute atomic E-state index is 13.0. The molecule has 1 amide bonds. The van der Waals surface area contributed by atoms with Crippen molar-refractivity contribution in [2.75, 3.05) is 13.3 Å². The van der Waals surface area contributed by atoms with E-state index < -0.39 is 0 Å². The highest BCUT2D eigenvalue weighted by atomic mass is 32.2. The normalized spacial score (nSPS) is 10.8. The van der Waals surface area contributed by atoms with Crippen LogP contribution in [0.2, 0.25) is 0 Å². The summed E-state index contributed by atoms with van der Waals surface area (Å²) in [6.45, 7) is 5.12. The lowest BCUT2D eigenvalue weighted by Crippen LogP contribution is -2.27. The Morgan fingerprint density at radius 3 is 2.33 bits per heavy atom. The number of nitrogens with zero attached hydrogens (tertiary/aromatic N) is 3. The minimum absolute atomic E-state index is 0.0123. The highest BCUT2D eigenvalue weighted by Crippen LogP contribution is 2.19. The molecular weight excluding hydrogens is 354 g/mol. The van der Waals surface area contributed by atoms with Crippen molar-refractivity contribution in [3.63, 3.8) is 0 Å². The van der Waals surface area contributed by atoms with Gasteiger partial charge in [0.05, 0.1) is 17.8 Å². The van der Waals surface area contributed by atoms with Gasteiger partial charge in [0, 0.05) is 24.2 Å². The van der Waals surface area contributed by atoms with E-state index in [1.165, 1.54) is 10.5 Å². The predicted octanol–water partition coefficient (Wildman–Crippen LogP) is 4.54. The summed E-state index contributed by atoms with van der Waals surface area (Å²) < 4.78 is 1.92. The highest BCUT2D eigenvalue weighted by molar-refractivity contribution is 7.98. The van der Waals surface area contributed by atoms with E-state index in [-0.39, 0.29) is 5.91 Å². The summed E-state index contributed by atoms with van der Waals surface area (Å²) in [6, 6.07) is 18.5. The summed E-state index contributed by atoms with van der Waals surface area (Å²) in [5, 5.41) is 4.61. The summed E-state index contributed by atoms with van der Waals surface area (Å²) in [5.41, 5.74) is 4.68. The fourth-order valence-electron chi connectivity index (χ4n) is 3.18. The van der Waals surface area contributed by atoms with Crippen molar-refractivity contribution in [3.05, 3.63) is 82.7 Å². The van der Waals surface area contributed by atoms with Crippen LogP contribution in [0.15, 0.2) is 59.5 Å². The number of thioether (sulfide) groups is 1. The lowest BCUT2D eigenvalue weighted by Gasteiger charge is -2.18. The van der Waals surface area contributed by atoms with Gasteiger partial charge in [-0.3, -0.25) is 9.48 Å². The summed E-state index contributed by atoms with van der Waals surface area (Å²) >= 11 is 1.72. The van der Waals surface area contributed by atoms with Gasteiger partial charge in [-0.15, -0.1) is 11.8 Å². The van der Waals surface area contributed by atoms with E-state index in [1.807, 2.05) is 43.8 Å². The van der Waals surface area contributed by atoms with Crippen LogP contribution in [0.25, 0.3) is 0 Å². The molecular formula is C22H25N3OS. The van der Waals surface area contributed by atoms with Crippen molar-refractivity contribution < 1.29 is 4.79 Å². The zero-order valence-corrected chi connectivity index (χ0v) is 17.1. The van der Waals surface area contributed by atoms with Crippen molar-refractivity contribution in [1.82, 2.24) is 14.7 Å². The molecule has 0 radical (unpaired) electrons. The number of aromatic nitrogens is 2. The molecule has 0 spiro atoms. The van der Waals surface area contributed by atoms with E-state index in [2.05, 4.69) is 47.8 Å². The molecule has 1 aromatic heterocycles. The second kappa shape index (κ2) is 8.44. The average Bonchev–Trinajstić information content (AvgIpc) is 2.95. The summed E-state index contributed by atoms with van der Waals surface area (Å²) in [6.07, 6.45) is 2.06. The second-order valence-corrected chi connectivity index (χ2v) is 7.58. The maximum Gasteiger partial charge on any atom is 0.257 e. The van der Waals surface area contributed by atoms with Gasteiger partial charge in [0.25, 0.3) is 5.91 Å². The average molecular weight is 380 g/mol. The first-order valence-electron chi connectivity index (χ1n) is 8.96. The van der Waals surface area contributed by atoms with Crippen LogP contribution in [-0.4, -0.2) is 33.9 Å². The molecule has 0 aliphatic carbocycles. The Bertz CT molecular complexity index is 917. The van der Waals surface area contributed by atoms with Crippen LogP contribution >= 0.6 is 11.8 Å². The fourth-order valence-corrected chi connectivity index (χ4v) is 3.59. The smallest absolute Gasteiger partial charge is 0.257 e. The molecule has 27 heavy (non-hydrogen) atoms. The predicted molar refractivity (Wildman–Crippen MR) is 111 cm³/mol. The highest BCUT2D eigenvalue weighted by Gasteiger charge is 2.22. The Morgan fingerprint density at radius 1 is 1.04 bits per heavy atom. The summed E-state index contributed by atoms with van der Waals surface area (Å²) in [4.78, 5) is 16.0. The van der Waals surface area contributed by atoms with E-state index in [0.717, 1.165) is 17.0 Å². The molecule has 0 aliphatic rings. The zero-order chi connectivity index (χ0) is 19.4. The molecule has 3 aromatic rings. The zero-order valence-electron chi connectivity index (χ0n) is 16.3. The summed E-state index contributed by atoms with van der Waals surface area (Å²) in [5.74, 6) is 0.0123. The topological polar surface area (TPSA) is 38.1 Å². The van der Waals surface area contributed by atoms with Gasteiger partial charge in [-0.2, -0.15) is 5.10 Å². The maximum atomic E-state index is 13.0. The van der Waals surface area contributed by atoms with E-state index in [1.54, 1.807) is 16.7 Å². The molecule has 0 saturated carbocycles. The van der Waals surface area contributed by atoms with Gasteiger partial charge in [-0.25, -0.2) is 0 Å². The lowest BCUT2D eigenvalue weighted by atomic mass is 10.1. The SMILES string of the molecule is CSc1ccc(CN(C)C(=O)c2c(C)nn(Cc3ccccc3)c2C)cc1. The lowest BCUT2D eigenvalue weighted by molar-refractivity contribution is 0.0783. The second-order valence-electron chi connectivity index (χ2n) is 6.70. The van der Waals surface area contributed by atoms with Crippen molar-refractivity contribution in [3.8, 4) is 0 Å². The van der Waals surface area contributed by atoms with Gasteiger partial charge in [0.15, 0.2) is 0 Å². The van der Waals surface area contributed by atoms with Crippen molar-refractivity contribution >= 4 is 17.7 Å². The van der Waals surface area contributed by atoms with Crippen molar-refractivity contribution in [2.45, 2.75) is 31.8 Å². The monoisotopic (exact) mass is 379 g/mol. The van der Waals surface area contributed by atoms with E-state index in [0.29, 0.717) is 18.7 Å². The molecule has 0 N–H and O–H groups in total. The third-order valence-corrected chi connectivity index (χ3v) is 5.44. The number of rotatable bonds is 6. The molecule has 1 heterocycles. The quantitative estimate of drug-likeness (QED) is 0.590. The Labute approximate surface area is 165 Å². The van der Waals surface area contributed by atoms with E-state index >= 15 is 0 Å². The van der Waals surface area contributed by atoms with Crippen LogP contribution in [0.1, 0.15) is 32.9 Å². The molecule has 0 unspecified atom stereocenters. The van der Waals surface area contributed by atoms with Crippen molar-refractivity contribution in [1.29, 1.82) is 0 Å². The third kappa shape index (κ3) is 4.42. The number of aryl methyl sites for hydroxylation is 1. The van der Waals surface area contributed by atoms with E-state index in [4.69, 9.17) is 0 Å². The molecule has 0 atom stereocenters. The first-order chi connectivity index (χ1) is 13.0. The molecule has 4 nitrogen and oxygen atoms in total. The molecule has 0 fully saturated rings. The van der Waals surface area contributed by atoms with Crippen LogP contribution in [0.3, 0.4) is 0 Å². The Kier molecular flexibility index (Phi) is 6.01. The number of hydrogen-bond donors (Lipinski definition) is 0. The Morgan fingerprint density at radius 2 is 1.70 bits per heavy atom. The fraction of sp³-hybridized carbons (Fsp3) is 0.273. The largest absolute Gasteiger partial charge is 0.337 e. The first kappa shape index (κ1) is 19.2. The number of hydrogen-bond acceptors (Lipinski definition) is 3. The molecule has 0 aliphatic heterocycles. The molecule has 0 bridgehead atoms. The molecule has 3 rings (SSSR count). The molecule has 2 aromatic carbocycles.